The highest BCUT2D eigenvalue weighted by Gasteiger charge is 2.30. The van der Waals surface area contributed by atoms with Gasteiger partial charge in [0.05, 0.1) is 7.11 Å². The molecule has 1 aliphatic carbocycles. The van der Waals surface area contributed by atoms with Crippen molar-refractivity contribution in [3.63, 3.8) is 0 Å². The van der Waals surface area contributed by atoms with Gasteiger partial charge in [-0.2, -0.15) is 4.98 Å². The number of alkyl halides is 1. The molecule has 2 rings (SSSR count). The molecule has 1 saturated carbocycles. The molecule has 1 heterocycles. The van der Waals surface area contributed by atoms with Crippen LogP contribution in [0.5, 0.6) is 5.88 Å². The average Bonchev–Trinajstić information content (AvgIpc) is 3.08. The Bertz CT molecular complexity index is 368. The van der Waals surface area contributed by atoms with Gasteiger partial charge in [0.2, 0.25) is 5.88 Å². The van der Waals surface area contributed by atoms with E-state index < -0.39 is 0 Å². The van der Waals surface area contributed by atoms with E-state index in [1.165, 1.54) is 12.8 Å². The van der Waals surface area contributed by atoms with E-state index in [2.05, 4.69) is 14.9 Å². The van der Waals surface area contributed by atoms with E-state index in [4.69, 9.17) is 16.3 Å². The van der Waals surface area contributed by atoms with Gasteiger partial charge in [-0.1, -0.05) is 0 Å². The minimum atomic E-state index is 0.595. The monoisotopic (exact) mass is 241 g/mol. The average molecular weight is 242 g/mol. The molecule has 1 aromatic rings. The predicted octanol–water partition coefficient (Wildman–Crippen LogP) is 2.00. The summed E-state index contributed by atoms with van der Waals surface area (Å²) in [6.07, 6.45) is 2.45. The number of nitrogens with zero attached hydrogens (tertiary/aromatic N) is 3. The quantitative estimate of drug-likeness (QED) is 0.740. The van der Waals surface area contributed by atoms with Gasteiger partial charge in [0.25, 0.3) is 0 Å². The summed E-state index contributed by atoms with van der Waals surface area (Å²) >= 11 is 5.82. The van der Waals surface area contributed by atoms with Crippen LogP contribution in [0.3, 0.4) is 0 Å². The largest absolute Gasteiger partial charge is 0.481 e. The lowest BCUT2D eigenvalue weighted by atomic mass is 10.4. The van der Waals surface area contributed by atoms with Crippen molar-refractivity contribution in [3.8, 4) is 5.88 Å². The van der Waals surface area contributed by atoms with Crippen molar-refractivity contribution >= 4 is 17.4 Å². The first-order valence-electron chi connectivity index (χ1n) is 5.47. The van der Waals surface area contributed by atoms with Crippen LogP contribution in [0.4, 0.5) is 5.82 Å². The molecule has 4 nitrogen and oxygen atoms in total. The van der Waals surface area contributed by atoms with E-state index in [0.717, 1.165) is 18.2 Å². The highest BCUT2D eigenvalue weighted by Crippen LogP contribution is 2.31. The highest BCUT2D eigenvalue weighted by atomic mass is 35.5. The zero-order valence-electron chi connectivity index (χ0n) is 9.61. The molecule has 0 aromatic carbocycles. The lowest BCUT2D eigenvalue weighted by molar-refractivity contribution is 0.395. The van der Waals surface area contributed by atoms with E-state index in [0.29, 0.717) is 17.8 Å². The number of hydrogen-bond acceptors (Lipinski definition) is 4. The summed E-state index contributed by atoms with van der Waals surface area (Å²) in [5.41, 5.74) is 0. The van der Waals surface area contributed by atoms with Gasteiger partial charge in [-0.3, -0.25) is 0 Å². The molecule has 0 spiro atoms. The van der Waals surface area contributed by atoms with E-state index in [9.17, 15) is 0 Å². The van der Waals surface area contributed by atoms with Gasteiger partial charge in [-0.05, 0) is 19.8 Å². The predicted molar refractivity (Wildman–Crippen MR) is 64.4 cm³/mol. The Kier molecular flexibility index (Phi) is 3.49. The third-order valence-electron chi connectivity index (χ3n) is 2.62. The highest BCUT2D eigenvalue weighted by molar-refractivity contribution is 6.18. The van der Waals surface area contributed by atoms with Crippen LogP contribution in [0.15, 0.2) is 6.07 Å². The molecule has 0 atom stereocenters. The number of halogens is 1. The molecule has 88 valence electrons. The van der Waals surface area contributed by atoms with Gasteiger partial charge in [-0.15, -0.1) is 11.6 Å². The van der Waals surface area contributed by atoms with Crippen LogP contribution < -0.4 is 9.64 Å². The molecule has 0 radical (unpaired) electrons. The normalized spacial score (nSPS) is 14.9. The third kappa shape index (κ3) is 2.55. The fraction of sp³-hybridized carbons (Fsp3) is 0.636. The summed E-state index contributed by atoms with van der Waals surface area (Å²) in [6, 6.07) is 2.47. The van der Waals surface area contributed by atoms with E-state index in [1.54, 1.807) is 7.11 Å². The Labute approximate surface area is 101 Å². The number of aryl methyl sites for hydroxylation is 1. The summed E-state index contributed by atoms with van der Waals surface area (Å²) < 4.78 is 5.15. The Balaban J connectivity index is 2.25. The van der Waals surface area contributed by atoms with E-state index in [1.807, 2.05) is 13.0 Å². The molecule has 1 aromatic heterocycles. The summed E-state index contributed by atoms with van der Waals surface area (Å²) in [5, 5.41) is 0. The first-order valence-corrected chi connectivity index (χ1v) is 6.00. The number of methoxy groups -OCH3 is 1. The molecule has 0 N–H and O–H groups in total. The van der Waals surface area contributed by atoms with Crippen molar-refractivity contribution < 1.29 is 4.74 Å². The maximum absolute atomic E-state index is 5.82. The fourth-order valence-electron chi connectivity index (χ4n) is 1.74. The number of rotatable bonds is 5. The standard InChI is InChI=1S/C11H16ClN3O/c1-8-13-10(7-11(14-8)16-2)15(6-5-12)9-3-4-9/h7,9H,3-6H2,1-2H3. The zero-order chi connectivity index (χ0) is 11.5. The topological polar surface area (TPSA) is 38.2 Å². The van der Waals surface area contributed by atoms with Crippen LogP contribution in [0.1, 0.15) is 18.7 Å². The Morgan fingerprint density at radius 3 is 2.81 bits per heavy atom. The van der Waals surface area contributed by atoms with Crippen LogP contribution >= 0.6 is 11.6 Å². The molecule has 0 unspecified atom stereocenters. The third-order valence-corrected chi connectivity index (χ3v) is 2.79. The Morgan fingerprint density at radius 1 is 1.50 bits per heavy atom. The molecule has 1 aliphatic rings. The fourth-order valence-corrected chi connectivity index (χ4v) is 1.92. The van der Waals surface area contributed by atoms with Crippen LogP contribution in [0.2, 0.25) is 0 Å². The zero-order valence-corrected chi connectivity index (χ0v) is 10.4. The molecule has 0 saturated heterocycles. The summed E-state index contributed by atoms with van der Waals surface area (Å²) in [5.74, 6) is 2.88. The van der Waals surface area contributed by atoms with Gasteiger partial charge in [0.15, 0.2) is 0 Å². The van der Waals surface area contributed by atoms with Gasteiger partial charge >= 0.3 is 0 Å². The second-order valence-electron chi connectivity index (χ2n) is 3.93. The van der Waals surface area contributed by atoms with Crippen molar-refractivity contribution in [1.82, 2.24) is 9.97 Å². The van der Waals surface area contributed by atoms with Gasteiger partial charge < -0.3 is 9.64 Å². The molecular formula is C11H16ClN3O. The van der Waals surface area contributed by atoms with Gasteiger partial charge in [0.1, 0.15) is 11.6 Å². The Hall–Kier alpha value is -1.03. The summed E-state index contributed by atoms with van der Waals surface area (Å²) in [4.78, 5) is 10.9. The van der Waals surface area contributed by atoms with Crippen molar-refractivity contribution in [2.24, 2.45) is 0 Å². The Morgan fingerprint density at radius 2 is 2.25 bits per heavy atom. The van der Waals surface area contributed by atoms with Gasteiger partial charge in [0, 0.05) is 24.5 Å². The van der Waals surface area contributed by atoms with Crippen LogP contribution in [-0.2, 0) is 0 Å². The number of ether oxygens (including phenoxy) is 1. The van der Waals surface area contributed by atoms with Crippen LogP contribution in [0, 0.1) is 6.92 Å². The lowest BCUT2D eigenvalue weighted by Gasteiger charge is -2.22. The van der Waals surface area contributed by atoms with Gasteiger partial charge in [-0.25, -0.2) is 4.98 Å². The number of anilines is 1. The maximum Gasteiger partial charge on any atom is 0.218 e. The van der Waals surface area contributed by atoms with Crippen molar-refractivity contribution in [2.45, 2.75) is 25.8 Å². The molecule has 1 fully saturated rings. The van der Waals surface area contributed by atoms with Crippen LogP contribution in [-0.4, -0.2) is 35.5 Å². The lowest BCUT2D eigenvalue weighted by Crippen LogP contribution is -2.29. The molecular weight excluding hydrogens is 226 g/mol. The smallest absolute Gasteiger partial charge is 0.218 e. The second kappa shape index (κ2) is 4.87. The second-order valence-corrected chi connectivity index (χ2v) is 4.31. The number of hydrogen-bond donors (Lipinski definition) is 0. The number of aromatic nitrogens is 2. The minimum absolute atomic E-state index is 0.595. The SMILES string of the molecule is COc1cc(N(CCCl)C2CC2)nc(C)n1. The molecule has 16 heavy (non-hydrogen) atoms. The summed E-state index contributed by atoms with van der Waals surface area (Å²) in [7, 11) is 1.62. The van der Waals surface area contributed by atoms with E-state index >= 15 is 0 Å². The summed E-state index contributed by atoms with van der Waals surface area (Å²) in [6.45, 7) is 2.70. The minimum Gasteiger partial charge on any atom is -0.481 e. The molecule has 0 bridgehead atoms. The van der Waals surface area contributed by atoms with Crippen molar-refractivity contribution in [2.75, 3.05) is 24.4 Å². The maximum atomic E-state index is 5.82. The molecule has 0 aliphatic heterocycles. The molecule has 0 amide bonds. The molecule has 5 heteroatoms. The first kappa shape index (κ1) is 11.5. The van der Waals surface area contributed by atoms with E-state index in [-0.39, 0.29) is 0 Å². The first-order chi connectivity index (χ1) is 7.74. The van der Waals surface area contributed by atoms with Crippen molar-refractivity contribution in [3.05, 3.63) is 11.9 Å². The van der Waals surface area contributed by atoms with Crippen molar-refractivity contribution in [1.29, 1.82) is 0 Å². The van der Waals surface area contributed by atoms with Crippen LogP contribution in [0.25, 0.3) is 0 Å².